The smallest absolute Gasteiger partial charge is 0.119 e. The molecule has 3 heteroatoms. The highest BCUT2D eigenvalue weighted by Gasteiger charge is 2.08. The van der Waals surface area contributed by atoms with Crippen molar-refractivity contribution in [3.8, 4) is 5.75 Å². The van der Waals surface area contributed by atoms with Crippen LogP contribution < -0.4 is 10.1 Å². The molecule has 0 unspecified atom stereocenters. The van der Waals surface area contributed by atoms with Crippen molar-refractivity contribution < 1.29 is 4.74 Å². The number of nitrogens with one attached hydrogen (secondary N) is 1. The van der Waals surface area contributed by atoms with Gasteiger partial charge in [-0.2, -0.15) is 0 Å². The minimum Gasteiger partial charge on any atom is -0.494 e. The number of ether oxygens (including phenoxy) is 1. The molecule has 82 valence electrons. The average Bonchev–Trinajstić information content (AvgIpc) is 2.29. The van der Waals surface area contributed by atoms with Crippen LogP contribution in [0.5, 0.6) is 5.75 Å². The van der Waals surface area contributed by atoms with Crippen LogP contribution >= 0.6 is 11.6 Å². The summed E-state index contributed by atoms with van der Waals surface area (Å²) >= 11 is 5.59. The molecule has 1 aliphatic rings. The first-order valence-corrected chi connectivity index (χ1v) is 5.95. The number of halogens is 1. The van der Waals surface area contributed by atoms with E-state index < -0.39 is 0 Å². The molecule has 0 saturated heterocycles. The van der Waals surface area contributed by atoms with Crippen LogP contribution in [0.15, 0.2) is 18.2 Å². The molecule has 15 heavy (non-hydrogen) atoms. The third kappa shape index (κ3) is 2.86. The topological polar surface area (TPSA) is 21.3 Å². The standard InChI is InChI=1S/C12H16ClNO/c13-5-1-7-15-12-3-2-10-4-6-14-9-11(10)8-12/h2-3,8,14H,1,4-7,9H2. The van der Waals surface area contributed by atoms with Gasteiger partial charge < -0.3 is 10.1 Å². The number of fused-ring (bicyclic) bond motifs is 1. The molecule has 0 fully saturated rings. The van der Waals surface area contributed by atoms with Crippen LogP contribution in [0.3, 0.4) is 0 Å². The van der Waals surface area contributed by atoms with E-state index in [1.165, 1.54) is 11.1 Å². The maximum Gasteiger partial charge on any atom is 0.119 e. The van der Waals surface area contributed by atoms with E-state index >= 15 is 0 Å². The van der Waals surface area contributed by atoms with E-state index in [1.807, 2.05) is 0 Å². The third-order valence-corrected chi connectivity index (χ3v) is 2.88. The molecule has 0 amide bonds. The Morgan fingerprint density at radius 1 is 1.33 bits per heavy atom. The molecular weight excluding hydrogens is 210 g/mol. The molecule has 0 atom stereocenters. The molecule has 0 aliphatic carbocycles. The molecule has 1 N–H and O–H groups in total. The van der Waals surface area contributed by atoms with Crippen molar-refractivity contribution in [1.82, 2.24) is 5.32 Å². The molecule has 0 aromatic heterocycles. The summed E-state index contributed by atoms with van der Waals surface area (Å²) in [7, 11) is 0. The minimum absolute atomic E-state index is 0.659. The first-order valence-electron chi connectivity index (χ1n) is 5.41. The van der Waals surface area contributed by atoms with Gasteiger partial charge >= 0.3 is 0 Å². The predicted molar refractivity (Wildman–Crippen MR) is 62.7 cm³/mol. The normalized spacial score (nSPS) is 14.7. The molecule has 0 bridgehead atoms. The summed E-state index contributed by atoms with van der Waals surface area (Å²) in [4.78, 5) is 0. The van der Waals surface area contributed by atoms with Crippen molar-refractivity contribution in [3.05, 3.63) is 29.3 Å². The highest BCUT2D eigenvalue weighted by Crippen LogP contribution is 2.20. The van der Waals surface area contributed by atoms with E-state index in [-0.39, 0.29) is 0 Å². The lowest BCUT2D eigenvalue weighted by atomic mass is 10.0. The lowest BCUT2D eigenvalue weighted by molar-refractivity contribution is 0.317. The Balaban J connectivity index is 2.00. The van der Waals surface area contributed by atoms with Gasteiger partial charge in [-0.1, -0.05) is 6.07 Å². The fraction of sp³-hybridized carbons (Fsp3) is 0.500. The Labute approximate surface area is 95.6 Å². The quantitative estimate of drug-likeness (QED) is 0.628. The molecule has 0 radical (unpaired) electrons. The van der Waals surface area contributed by atoms with Crippen molar-refractivity contribution >= 4 is 11.6 Å². The molecule has 1 heterocycles. The van der Waals surface area contributed by atoms with Crippen LogP contribution in [0.2, 0.25) is 0 Å². The molecule has 2 rings (SSSR count). The second-order valence-corrected chi connectivity index (χ2v) is 4.13. The second-order valence-electron chi connectivity index (χ2n) is 3.75. The number of benzene rings is 1. The summed E-state index contributed by atoms with van der Waals surface area (Å²) in [5.41, 5.74) is 2.81. The van der Waals surface area contributed by atoms with E-state index in [4.69, 9.17) is 16.3 Å². The summed E-state index contributed by atoms with van der Waals surface area (Å²) in [6.45, 7) is 2.75. The fourth-order valence-electron chi connectivity index (χ4n) is 1.79. The van der Waals surface area contributed by atoms with Gasteiger partial charge in [0, 0.05) is 12.4 Å². The Kier molecular flexibility index (Phi) is 3.87. The maximum absolute atomic E-state index is 5.60. The van der Waals surface area contributed by atoms with Crippen LogP contribution in [-0.4, -0.2) is 19.0 Å². The van der Waals surface area contributed by atoms with Crippen LogP contribution in [0.4, 0.5) is 0 Å². The first-order chi connectivity index (χ1) is 7.40. The lowest BCUT2D eigenvalue weighted by Crippen LogP contribution is -2.23. The number of rotatable bonds is 4. The monoisotopic (exact) mass is 225 g/mol. The van der Waals surface area contributed by atoms with Gasteiger partial charge in [-0.05, 0) is 42.6 Å². The summed E-state index contributed by atoms with van der Waals surface area (Å²) in [5.74, 6) is 1.62. The predicted octanol–water partition coefficient (Wildman–Crippen LogP) is 2.34. The Morgan fingerprint density at radius 2 is 2.27 bits per heavy atom. The SMILES string of the molecule is ClCCCOc1ccc2c(c1)CNCC2. The van der Waals surface area contributed by atoms with Gasteiger partial charge in [0.1, 0.15) is 5.75 Å². The van der Waals surface area contributed by atoms with Crippen molar-refractivity contribution in [2.24, 2.45) is 0 Å². The summed E-state index contributed by atoms with van der Waals surface area (Å²) in [6, 6.07) is 6.36. The van der Waals surface area contributed by atoms with Crippen molar-refractivity contribution in [1.29, 1.82) is 0 Å². The number of hydrogen-bond donors (Lipinski definition) is 1. The fourth-order valence-corrected chi connectivity index (χ4v) is 1.90. The van der Waals surface area contributed by atoms with Crippen LogP contribution in [0, 0.1) is 0 Å². The van der Waals surface area contributed by atoms with Crippen molar-refractivity contribution in [2.45, 2.75) is 19.4 Å². The largest absolute Gasteiger partial charge is 0.494 e. The second kappa shape index (κ2) is 5.38. The Morgan fingerprint density at radius 3 is 3.13 bits per heavy atom. The zero-order valence-electron chi connectivity index (χ0n) is 8.76. The van der Waals surface area contributed by atoms with Gasteiger partial charge in [0.2, 0.25) is 0 Å². The zero-order valence-corrected chi connectivity index (χ0v) is 9.52. The lowest BCUT2D eigenvalue weighted by Gasteiger charge is -2.17. The molecule has 0 spiro atoms. The van der Waals surface area contributed by atoms with Gasteiger partial charge in [-0.15, -0.1) is 11.6 Å². The zero-order chi connectivity index (χ0) is 10.5. The molecule has 1 aromatic rings. The molecular formula is C12H16ClNO. The Bertz CT molecular complexity index is 327. The highest BCUT2D eigenvalue weighted by molar-refractivity contribution is 6.17. The van der Waals surface area contributed by atoms with Crippen molar-refractivity contribution in [3.63, 3.8) is 0 Å². The molecule has 2 nitrogen and oxygen atoms in total. The van der Waals surface area contributed by atoms with E-state index in [1.54, 1.807) is 0 Å². The van der Waals surface area contributed by atoms with Gasteiger partial charge in [-0.25, -0.2) is 0 Å². The van der Waals surface area contributed by atoms with E-state index in [0.717, 1.165) is 31.7 Å². The van der Waals surface area contributed by atoms with Gasteiger partial charge in [-0.3, -0.25) is 0 Å². The van der Waals surface area contributed by atoms with E-state index in [9.17, 15) is 0 Å². The molecule has 1 aromatic carbocycles. The Hall–Kier alpha value is -0.730. The van der Waals surface area contributed by atoms with Gasteiger partial charge in [0.05, 0.1) is 6.61 Å². The summed E-state index contributed by atoms with van der Waals surface area (Å²) in [6.07, 6.45) is 2.02. The molecule has 0 saturated carbocycles. The van der Waals surface area contributed by atoms with E-state index in [0.29, 0.717) is 12.5 Å². The van der Waals surface area contributed by atoms with Crippen molar-refractivity contribution in [2.75, 3.05) is 19.0 Å². The first kappa shape index (κ1) is 10.8. The van der Waals surface area contributed by atoms with E-state index in [2.05, 4.69) is 23.5 Å². The van der Waals surface area contributed by atoms with Crippen LogP contribution in [-0.2, 0) is 13.0 Å². The number of alkyl halides is 1. The van der Waals surface area contributed by atoms with Gasteiger partial charge in [0.15, 0.2) is 0 Å². The summed E-state index contributed by atoms with van der Waals surface area (Å²) in [5, 5.41) is 3.36. The minimum atomic E-state index is 0.659. The number of hydrogen-bond acceptors (Lipinski definition) is 2. The molecule has 1 aliphatic heterocycles. The van der Waals surface area contributed by atoms with Crippen LogP contribution in [0.1, 0.15) is 17.5 Å². The van der Waals surface area contributed by atoms with Gasteiger partial charge in [0.25, 0.3) is 0 Å². The third-order valence-electron chi connectivity index (χ3n) is 2.61. The average molecular weight is 226 g/mol. The maximum atomic E-state index is 5.60. The highest BCUT2D eigenvalue weighted by atomic mass is 35.5. The summed E-state index contributed by atoms with van der Waals surface area (Å²) < 4.78 is 5.60. The van der Waals surface area contributed by atoms with Crippen LogP contribution in [0.25, 0.3) is 0 Å².